The van der Waals surface area contributed by atoms with E-state index in [0.717, 1.165) is 24.1 Å². The highest BCUT2D eigenvalue weighted by molar-refractivity contribution is 5.50. The van der Waals surface area contributed by atoms with E-state index in [2.05, 4.69) is 0 Å². The molecule has 3 heteroatoms. The Morgan fingerprint density at radius 2 is 2.17 bits per heavy atom. The van der Waals surface area contributed by atoms with E-state index in [4.69, 9.17) is 5.73 Å². The molecule has 1 heterocycles. The zero-order valence-electron chi connectivity index (χ0n) is 7.46. The second-order valence-electron chi connectivity index (χ2n) is 3.68. The van der Waals surface area contributed by atoms with Gasteiger partial charge in [0.15, 0.2) is 0 Å². The summed E-state index contributed by atoms with van der Waals surface area (Å²) in [7, 11) is 1.92. The van der Waals surface area contributed by atoms with E-state index >= 15 is 0 Å². The van der Waals surface area contributed by atoms with Crippen molar-refractivity contribution in [3.8, 4) is 0 Å². The smallest absolute Gasteiger partial charge is 0.109 e. The lowest BCUT2D eigenvalue weighted by atomic mass is 10.1. The van der Waals surface area contributed by atoms with Gasteiger partial charge in [0, 0.05) is 18.3 Å². The summed E-state index contributed by atoms with van der Waals surface area (Å²) in [5, 5.41) is 9.83. The highest BCUT2D eigenvalue weighted by Gasteiger charge is 2.44. The molecule has 2 rings (SSSR count). The van der Waals surface area contributed by atoms with Crippen LogP contribution in [0.5, 0.6) is 0 Å². The lowest BCUT2D eigenvalue weighted by Gasteiger charge is -2.06. The van der Waals surface area contributed by atoms with Crippen LogP contribution in [0.3, 0.4) is 0 Å². The van der Waals surface area contributed by atoms with Crippen molar-refractivity contribution in [2.75, 3.05) is 5.73 Å². The van der Waals surface area contributed by atoms with Gasteiger partial charge in [-0.25, -0.2) is 0 Å². The molecule has 1 aromatic rings. The van der Waals surface area contributed by atoms with E-state index in [1.54, 1.807) is 0 Å². The summed E-state index contributed by atoms with van der Waals surface area (Å²) < 4.78 is 1.91. The van der Waals surface area contributed by atoms with Crippen LogP contribution in [0.1, 0.15) is 24.1 Å². The van der Waals surface area contributed by atoms with Gasteiger partial charge in [-0.15, -0.1) is 0 Å². The van der Waals surface area contributed by atoms with Gasteiger partial charge >= 0.3 is 0 Å². The molecule has 0 spiro atoms. The summed E-state index contributed by atoms with van der Waals surface area (Å²) in [6.45, 7) is 1.99. The Morgan fingerprint density at radius 1 is 1.58 bits per heavy atom. The maximum absolute atomic E-state index is 9.83. The predicted octanol–water partition coefficient (Wildman–Crippen LogP) is 0.897. The van der Waals surface area contributed by atoms with Gasteiger partial charge in [-0.05, 0) is 25.8 Å². The molecule has 3 N–H and O–H groups in total. The molecular formula is C9H14N2O. The maximum atomic E-state index is 9.83. The van der Waals surface area contributed by atoms with Gasteiger partial charge in [0.05, 0.1) is 5.60 Å². The van der Waals surface area contributed by atoms with Gasteiger partial charge in [-0.1, -0.05) is 0 Å². The number of aromatic nitrogens is 1. The van der Waals surface area contributed by atoms with E-state index in [1.165, 1.54) is 0 Å². The normalized spacial score (nSPS) is 19.6. The summed E-state index contributed by atoms with van der Waals surface area (Å²) in [5.41, 5.74) is 7.24. The third kappa shape index (κ3) is 0.862. The van der Waals surface area contributed by atoms with Crippen LogP contribution in [0.2, 0.25) is 0 Å². The van der Waals surface area contributed by atoms with Gasteiger partial charge in [0.25, 0.3) is 0 Å². The number of nitrogen functional groups attached to an aromatic ring is 1. The molecule has 1 aromatic heterocycles. The second-order valence-corrected chi connectivity index (χ2v) is 3.68. The number of hydrogen-bond acceptors (Lipinski definition) is 2. The number of aryl methyl sites for hydroxylation is 1. The average molecular weight is 166 g/mol. The highest BCUT2D eigenvalue weighted by atomic mass is 16.3. The van der Waals surface area contributed by atoms with Crippen LogP contribution in [0.15, 0.2) is 6.07 Å². The van der Waals surface area contributed by atoms with Gasteiger partial charge in [-0.3, -0.25) is 0 Å². The average Bonchev–Trinajstić information content (AvgIpc) is 2.71. The molecule has 0 radical (unpaired) electrons. The Balaban J connectivity index is 2.51. The molecule has 1 aliphatic carbocycles. The van der Waals surface area contributed by atoms with E-state index in [-0.39, 0.29) is 0 Å². The molecule has 3 nitrogen and oxygen atoms in total. The summed E-state index contributed by atoms with van der Waals surface area (Å²) in [6.07, 6.45) is 1.70. The molecule has 0 saturated heterocycles. The summed E-state index contributed by atoms with van der Waals surface area (Å²) in [5.74, 6) is 0.701. The molecule has 1 aliphatic rings. The standard InChI is InChI=1S/C9H14N2O/c1-6-5-7(8(10)11(6)2)9(12)3-4-9/h5,12H,3-4,10H2,1-2H3. The molecule has 0 atom stereocenters. The van der Waals surface area contributed by atoms with Crippen molar-refractivity contribution in [3.05, 3.63) is 17.3 Å². The summed E-state index contributed by atoms with van der Waals surface area (Å²) in [4.78, 5) is 0. The maximum Gasteiger partial charge on any atom is 0.109 e. The van der Waals surface area contributed by atoms with E-state index in [1.807, 2.05) is 24.6 Å². The minimum Gasteiger partial charge on any atom is -0.385 e. The van der Waals surface area contributed by atoms with E-state index in [9.17, 15) is 5.11 Å². The fourth-order valence-electron chi connectivity index (χ4n) is 1.51. The molecule has 0 unspecified atom stereocenters. The van der Waals surface area contributed by atoms with Crippen LogP contribution in [0.25, 0.3) is 0 Å². The van der Waals surface area contributed by atoms with Crippen molar-refractivity contribution >= 4 is 5.82 Å². The minimum absolute atomic E-state index is 0.601. The number of aliphatic hydroxyl groups is 1. The monoisotopic (exact) mass is 166 g/mol. The molecule has 12 heavy (non-hydrogen) atoms. The Morgan fingerprint density at radius 3 is 2.50 bits per heavy atom. The fraction of sp³-hybridized carbons (Fsp3) is 0.556. The third-order valence-electron chi connectivity index (χ3n) is 2.74. The SMILES string of the molecule is Cc1cc(C2(O)CC2)c(N)n1C. The quantitative estimate of drug-likeness (QED) is 0.651. The topological polar surface area (TPSA) is 51.2 Å². The molecular weight excluding hydrogens is 152 g/mol. The Bertz CT molecular complexity index is 324. The van der Waals surface area contributed by atoms with Gasteiger partial charge < -0.3 is 15.4 Å². The largest absolute Gasteiger partial charge is 0.385 e. The van der Waals surface area contributed by atoms with Gasteiger partial charge in [-0.2, -0.15) is 0 Å². The summed E-state index contributed by atoms with van der Waals surface area (Å²) >= 11 is 0. The Hall–Kier alpha value is -0.960. The highest BCUT2D eigenvalue weighted by Crippen LogP contribution is 2.48. The second kappa shape index (κ2) is 2.04. The van der Waals surface area contributed by atoms with Crippen molar-refractivity contribution in [1.82, 2.24) is 4.57 Å². The zero-order chi connectivity index (χ0) is 8.93. The van der Waals surface area contributed by atoms with Crippen LogP contribution >= 0.6 is 0 Å². The number of nitrogens with zero attached hydrogens (tertiary/aromatic N) is 1. The van der Waals surface area contributed by atoms with Crippen LogP contribution in [-0.4, -0.2) is 9.67 Å². The first-order valence-electron chi connectivity index (χ1n) is 4.19. The predicted molar refractivity (Wildman–Crippen MR) is 47.7 cm³/mol. The zero-order valence-corrected chi connectivity index (χ0v) is 7.46. The van der Waals surface area contributed by atoms with Crippen LogP contribution in [0.4, 0.5) is 5.82 Å². The molecule has 1 saturated carbocycles. The molecule has 0 aromatic carbocycles. The van der Waals surface area contributed by atoms with Crippen LogP contribution < -0.4 is 5.73 Å². The Kier molecular flexibility index (Phi) is 1.31. The number of nitrogens with two attached hydrogens (primary N) is 1. The Labute approximate surface area is 71.8 Å². The first-order chi connectivity index (χ1) is 5.54. The van der Waals surface area contributed by atoms with E-state index in [0.29, 0.717) is 5.82 Å². The first-order valence-corrected chi connectivity index (χ1v) is 4.19. The molecule has 0 aliphatic heterocycles. The summed E-state index contributed by atoms with van der Waals surface area (Å²) in [6, 6.07) is 1.97. The lowest BCUT2D eigenvalue weighted by molar-refractivity contribution is 0.152. The first kappa shape index (κ1) is 7.68. The van der Waals surface area contributed by atoms with Crippen LogP contribution in [-0.2, 0) is 12.6 Å². The minimum atomic E-state index is -0.601. The molecule has 1 fully saturated rings. The number of hydrogen-bond donors (Lipinski definition) is 2. The van der Waals surface area contributed by atoms with Crippen LogP contribution in [0, 0.1) is 6.92 Å². The molecule has 0 bridgehead atoms. The number of rotatable bonds is 1. The molecule has 0 amide bonds. The third-order valence-corrected chi connectivity index (χ3v) is 2.74. The fourth-order valence-corrected chi connectivity index (χ4v) is 1.51. The van der Waals surface area contributed by atoms with Crippen molar-refractivity contribution in [1.29, 1.82) is 0 Å². The van der Waals surface area contributed by atoms with Crippen molar-refractivity contribution < 1.29 is 5.11 Å². The van der Waals surface area contributed by atoms with Crippen molar-refractivity contribution in [3.63, 3.8) is 0 Å². The van der Waals surface area contributed by atoms with E-state index < -0.39 is 5.60 Å². The van der Waals surface area contributed by atoms with Crippen molar-refractivity contribution in [2.45, 2.75) is 25.4 Å². The van der Waals surface area contributed by atoms with Gasteiger partial charge in [0.2, 0.25) is 0 Å². The number of anilines is 1. The van der Waals surface area contributed by atoms with Crippen molar-refractivity contribution in [2.24, 2.45) is 7.05 Å². The van der Waals surface area contributed by atoms with Gasteiger partial charge in [0.1, 0.15) is 5.82 Å². The lowest BCUT2D eigenvalue weighted by Crippen LogP contribution is -2.07. The molecule has 66 valence electrons.